The summed E-state index contributed by atoms with van der Waals surface area (Å²) in [5.74, 6) is 0. The predicted octanol–water partition coefficient (Wildman–Crippen LogP) is 4.37. The van der Waals surface area contributed by atoms with E-state index in [9.17, 15) is 20.4 Å². The molecule has 22 heavy (non-hydrogen) atoms. The van der Waals surface area contributed by atoms with E-state index in [-0.39, 0.29) is 12.8 Å². The van der Waals surface area contributed by atoms with Gasteiger partial charge in [-0.05, 0) is 34.4 Å². The van der Waals surface area contributed by atoms with Gasteiger partial charge in [0.25, 0.3) is 0 Å². The van der Waals surface area contributed by atoms with Crippen molar-refractivity contribution in [1.82, 2.24) is 0 Å². The summed E-state index contributed by atoms with van der Waals surface area (Å²) >= 11 is 0. The summed E-state index contributed by atoms with van der Waals surface area (Å²) in [6.07, 6.45) is 10.8. The van der Waals surface area contributed by atoms with E-state index >= 15 is 0 Å². The van der Waals surface area contributed by atoms with E-state index in [1.807, 2.05) is 0 Å². The minimum absolute atomic E-state index is 0.251. The monoisotopic (exact) mass is 354 g/mol. The molecule has 0 heterocycles. The van der Waals surface area contributed by atoms with Crippen molar-refractivity contribution >= 4 is 21.6 Å². The van der Waals surface area contributed by atoms with Crippen molar-refractivity contribution in [3.63, 3.8) is 0 Å². The van der Waals surface area contributed by atoms with Crippen LogP contribution in [0.4, 0.5) is 0 Å². The zero-order valence-electron chi connectivity index (χ0n) is 14.1. The van der Waals surface area contributed by atoms with Crippen LogP contribution >= 0.6 is 21.6 Å². The van der Waals surface area contributed by atoms with Crippen LogP contribution in [0.3, 0.4) is 0 Å². The summed E-state index contributed by atoms with van der Waals surface area (Å²) in [6, 6.07) is 0. The highest BCUT2D eigenvalue weighted by Crippen LogP contribution is 2.43. The quantitative estimate of drug-likeness (QED) is 0.199. The van der Waals surface area contributed by atoms with E-state index in [1.165, 1.54) is 12.8 Å². The molecule has 4 nitrogen and oxygen atoms in total. The Labute approximate surface area is 143 Å². The first-order valence-corrected chi connectivity index (χ1v) is 10.7. The molecule has 0 fully saturated rings. The summed E-state index contributed by atoms with van der Waals surface area (Å²) in [5, 5.41) is 35.6. The number of aliphatic hydroxyl groups is 4. The fourth-order valence-corrected chi connectivity index (χ4v) is 4.16. The van der Waals surface area contributed by atoms with Crippen LogP contribution in [0.5, 0.6) is 0 Å². The van der Waals surface area contributed by atoms with Gasteiger partial charge in [0.05, 0.1) is 0 Å². The van der Waals surface area contributed by atoms with E-state index < -0.39 is 10.2 Å². The largest absolute Gasteiger partial charge is 0.357 e. The maximum Gasteiger partial charge on any atom is 0.223 e. The molecule has 0 saturated carbocycles. The number of unbranched alkanes of at least 4 members (excludes halogenated alkanes) is 8. The Balaban J connectivity index is 3.80. The fourth-order valence-electron chi connectivity index (χ4n) is 2.13. The smallest absolute Gasteiger partial charge is 0.223 e. The van der Waals surface area contributed by atoms with Gasteiger partial charge in [-0.25, -0.2) is 0 Å². The van der Waals surface area contributed by atoms with E-state index in [0.717, 1.165) is 73.0 Å². The number of hydrogen-bond donors (Lipinski definition) is 4. The minimum atomic E-state index is -1.89. The van der Waals surface area contributed by atoms with E-state index in [4.69, 9.17) is 0 Å². The van der Waals surface area contributed by atoms with E-state index in [1.54, 1.807) is 0 Å². The van der Waals surface area contributed by atoms with Gasteiger partial charge in [0.1, 0.15) is 0 Å². The fraction of sp³-hybridized carbons (Fsp3) is 1.00. The minimum Gasteiger partial charge on any atom is -0.357 e. The van der Waals surface area contributed by atoms with Crippen molar-refractivity contribution in [1.29, 1.82) is 0 Å². The zero-order chi connectivity index (χ0) is 16.9. The van der Waals surface area contributed by atoms with E-state index in [0.29, 0.717) is 0 Å². The molecule has 0 aromatic rings. The van der Waals surface area contributed by atoms with Crippen molar-refractivity contribution in [3.05, 3.63) is 0 Å². The summed E-state index contributed by atoms with van der Waals surface area (Å²) in [7, 11) is 1.49. The third-order valence-corrected chi connectivity index (χ3v) is 6.40. The predicted molar refractivity (Wildman–Crippen MR) is 96.3 cm³/mol. The normalized spacial score (nSPS) is 12.8. The van der Waals surface area contributed by atoms with Crippen LogP contribution in [0, 0.1) is 0 Å². The lowest BCUT2D eigenvalue weighted by molar-refractivity contribution is -0.0864. The van der Waals surface area contributed by atoms with Crippen molar-refractivity contribution in [3.8, 4) is 0 Å². The molecule has 0 unspecified atom stereocenters. The Morgan fingerprint density at radius 3 is 1.18 bits per heavy atom. The van der Waals surface area contributed by atoms with Crippen LogP contribution in [-0.2, 0) is 0 Å². The third-order valence-electron chi connectivity index (χ3n) is 3.52. The lowest BCUT2D eigenvalue weighted by atomic mass is 10.1. The molecule has 0 amide bonds. The highest BCUT2D eigenvalue weighted by atomic mass is 33.1. The van der Waals surface area contributed by atoms with Gasteiger partial charge in [-0.2, -0.15) is 0 Å². The molecule has 0 aromatic heterocycles. The SMILES string of the molecule is CCCCCCCC(O)(O)SSC(O)(O)CCCCCCC. The second-order valence-electron chi connectivity index (χ2n) is 5.98. The zero-order valence-corrected chi connectivity index (χ0v) is 15.7. The van der Waals surface area contributed by atoms with Crippen molar-refractivity contribution in [2.75, 3.05) is 0 Å². The van der Waals surface area contributed by atoms with Gasteiger partial charge in [-0.15, -0.1) is 0 Å². The van der Waals surface area contributed by atoms with Gasteiger partial charge in [0.15, 0.2) is 0 Å². The summed E-state index contributed by atoms with van der Waals surface area (Å²) in [4.78, 5) is 0. The third kappa shape index (κ3) is 14.2. The maximum absolute atomic E-state index is 9.85. The highest BCUT2D eigenvalue weighted by Gasteiger charge is 2.31. The molecule has 0 aliphatic rings. The van der Waals surface area contributed by atoms with Gasteiger partial charge in [0, 0.05) is 12.8 Å². The first kappa shape index (κ1) is 22.5. The molecule has 0 aliphatic heterocycles. The van der Waals surface area contributed by atoms with Crippen molar-refractivity contribution in [2.24, 2.45) is 0 Å². The maximum atomic E-state index is 9.85. The summed E-state index contributed by atoms with van der Waals surface area (Å²) in [5.41, 5.74) is 0. The Bertz CT molecular complexity index is 235. The Morgan fingerprint density at radius 2 is 0.864 bits per heavy atom. The first-order valence-electron chi connectivity index (χ1n) is 8.59. The van der Waals surface area contributed by atoms with Crippen LogP contribution in [0.1, 0.15) is 90.9 Å². The Morgan fingerprint density at radius 1 is 0.545 bits per heavy atom. The molecule has 0 rings (SSSR count). The molecular formula is C16H34O4S2. The van der Waals surface area contributed by atoms with Crippen molar-refractivity contribution in [2.45, 2.75) is 101 Å². The van der Waals surface area contributed by atoms with Gasteiger partial charge < -0.3 is 20.4 Å². The molecule has 0 saturated heterocycles. The van der Waals surface area contributed by atoms with Crippen LogP contribution in [-0.4, -0.2) is 30.7 Å². The van der Waals surface area contributed by atoms with Crippen LogP contribution in [0.15, 0.2) is 0 Å². The lowest BCUT2D eigenvalue weighted by Gasteiger charge is -2.25. The van der Waals surface area contributed by atoms with Crippen LogP contribution < -0.4 is 0 Å². The topological polar surface area (TPSA) is 80.9 Å². The second-order valence-corrected chi connectivity index (χ2v) is 8.62. The Kier molecular flexibility index (Phi) is 13.2. The molecule has 0 aromatic carbocycles. The molecule has 6 heteroatoms. The average molecular weight is 355 g/mol. The van der Waals surface area contributed by atoms with E-state index in [2.05, 4.69) is 13.8 Å². The van der Waals surface area contributed by atoms with Crippen LogP contribution in [0.2, 0.25) is 0 Å². The molecular weight excluding hydrogens is 320 g/mol. The molecule has 0 spiro atoms. The Hall–Kier alpha value is 0.540. The molecule has 0 aliphatic carbocycles. The van der Waals surface area contributed by atoms with Gasteiger partial charge in [-0.3, -0.25) is 0 Å². The average Bonchev–Trinajstić information content (AvgIpc) is 2.45. The number of hydrogen-bond acceptors (Lipinski definition) is 6. The highest BCUT2D eigenvalue weighted by molar-refractivity contribution is 8.77. The summed E-state index contributed by atoms with van der Waals surface area (Å²) < 4.78 is 0. The summed E-state index contributed by atoms with van der Waals surface area (Å²) in [6.45, 7) is 4.28. The number of rotatable bonds is 15. The van der Waals surface area contributed by atoms with Gasteiger partial charge >= 0.3 is 0 Å². The molecule has 4 N–H and O–H groups in total. The molecule has 0 bridgehead atoms. The molecule has 134 valence electrons. The van der Waals surface area contributed by atoms with Gasteiger partial charge in [-0.1, -0.05) is 65.2 Å². The molecule has 0 atom stereocenters. The van der Waals surface area contributed by atoms with Crippen molar-refractivity contribution < 1.29 is 20.4 Å². The van der Waals surface area contributed by atoms with Gasteiger partial charge in [0.2, 0.25) is 10.2 Å². The van der Waals surface area contributed by atoms with Crippen LogP contribution in [0.25, 0.3) is 0 Å². The molecule has 0 radical (unpaired) electrons. The first-order chi connectivity index (χ1) is 10.3. The second kappa shape index (κ2) is 12.9. The standard InChI is InChI=1S/C16H34O4S2/c1-3-5-7-9-11-13-15(17,18)21-22-16(19,20)14-12-10-8-6-4-2/h17-20H,3-14H2,1-2H3. The lowest BCUT2D eigenvalue weighted by Crippen LogP contribution is -2.27.